The molecule has 1 N–H and O–H groups in total. The van der Waals surface area contributed by atoms with Crippen LogP contribution in [-0.4, -0.2) is 23.4 Å². The molecule has 1 fully saturated rings. The predicted molar refractivity (Wildman–Crippen MR) is 76.0 cm³/mol. The van der Waals surface area contributed by atoms with Gasteiger partial charge in [0.1, 0.15) is 0 Å². The number of nitrogens with zero attached hydrogens (tertiary/aromatic N) is 2. The Balaban J connectivity index is 2.12. The molecule has 1 aliphatic rings. The van der Waals surface area contributed by atoms with E-state index in [1.165, 1.54) is 31.4 Å². The highest BCUT2D eigenvalue weighted by atomic mass is 35.5. The summed E-state index contributed by atoms with van der Waals surface area (Å²) in [6.07, 6.45) is 6.58. The molecular formula is C14H24ClN3. The average Bonchev–Trinajstić information content (AvgIpc) is 2.93. The van der Waals surface area contributed by atoms with Crippen LogP contribution in [0.25, 0.3) is 0 Å². The van der Waals surface area contributed by atoms with Gasteiger partial charge in [0.15, 0.2) is 0 Å². The third kappa shape index (κ3) is 2.89. The summed E-state index contributed by atoms with van der Waals surface area (Å²) in [4.78, 5) is 0. The Labute approximate surface area is 115 Å². The lowest BCUT2D eigenvalue weighted by Gasteiger charge is -2.23. The van der Waals surface area contributed by atoms with Gasteiger partial charge in [0, 0.05) is 7.05 Å². The highest BCUT2D eigenvalue weighted by Crippen LogP contribution is 2.34. The molecule has 4 heteroatoms. The molecule has 0 spiro atoms. The minimum Gasteiger partial charge on any atom is -0.319 e. The highest BCUT2D eigenvalue weighted by Gasteiger charge is 2.26. The second kappa shape index (κ2) is 6.07. The number of halogens is 1. The predicted octanol–water partition coefficient (Wildman–Crippen LogP) is 2.95. The fraction of sp³-hybridized carbons (Fsp3) is 0.786. The Morgan fingerprint density at radius 3 is 2.61 bits per heavy atom. The van der Waals surface area contributed by atoms with Crippen molar-refractivity contribution in [3.8, 4) is 0 Å². The molecule has 1 heterocycles. The minimum atomic E-state index is 0.685. The van der Waals surface area contributed by atoms with Gasteiger partial charge in [-0.2, -0.15) is 5.10 Å². The van der Waals surface area contributed by atoms with E-state index < -0.39 is 0 Å². The smallest absolute Gasteiger partial charge is 0.0847 e. The first-order valence-corrected chi connectivity index (χ1v) is 7.33. The lowest BCUT2D eigenvalue weighted by atomic mass is 9.87. The summed E-state index contributed by atoms with van der Waals surface area (Å²) >= 11 is 6.36. The molecule has 2 rings (SSSR count). The zero-order valence-corrected chi connectivity index (χ0v) is 12.4. The van der Waals surface area contributed by atoms with Crippen LogP contribution in [0.3, 0.4) is 0 Å². The maximum absolute atomic E-state index is 6.36. The van der Waals surface area contributed by atoms with Gasteiger partial charge in [-0.1, -0.05) is 37.3 Å². The number of hydrogen-bond donors (Lipinski definition) is 1. The van der Waals surface area contributed by atoms with Gasteiger partial charge in [-0.15, -0.1) is 0 Å². The summed E-state index contributed by atoms with van der Waals surface area (Å²) in [6.45, 7) is 3.06. The van der Waals surface area contributed by atoms with Gasteiger partial charge >= 0.3 is 0 Å². The SMILES string of the molecule is CNCC(Cc1c(Cl)c(C)nn1C)C1CCCC1. The molecule has 0 bridgehead atoms. The zero-order valence-electron chi connectivity index (χ0n) is 11.7. The maximum atomic E-state index is 6.36. The van der Waals surface area contributed by atoms with Crippen LogP contribution in [0, 0.1) is 18.8 Å². The Hall–Kier alpha value is -0.540. The van der Waals surface area contributed by atoms with E-state index in [1.54, 1.807) is 0 Å². The van der Waals surface area contributed by atoms with Crippen molar-refractivity contribution in [1.82, 2.24) is 15.1 Å². The monoisotopic (exact) mass is 269 g/mol. The van der Waals surface area contributed by atoms with Gasteiger partial charge < -0.3 is 5.32 Å². The highest BCUT2D eigenvalue weighted by molar-refractivity contribution is 6.31. The summed E-state index contributed by atoms with van der Waals surface area (Å²) < 4.78 is 1.95. The summed E-state index contributed by atoms with van der Waals surface area (Å²) in [5.74, 6) is 1.54. The molecule has 102 valence electrons. The van der Waals surface area contributed by atoms with Crippen molar-refractivity contribution in [1.29, 1.82) is 0 Å². The fourth-order valence-corrected chi connectivity index (χ4v) is 3.48. The van der Waals surface area contributed by atoms with Crippen molar-refractivity contribution in [2.45, 2.75) is 39.0 Å². The van der Waals surface area contributed by atoms with Crippen LogP contribution in [0.1, 0.15) is 37.1 Å². The minimum absolute atomic E-state index is 0.685. The number of nitrogens with one attached hydrogen (secondary N) is 1. The van der Waals surface area contributed by atoms with Crippen LogP contribution < -0.4 is 5.32 Å². The number of aromatic nitrogens is 2. The molecule has 0 radical (unpaired) electrons. The molecule has 1 aliphatic carbocycles. The van der Waals surface area contributed by atoms with Gasteiger partial charge in [0.05, 0.1) is 16.4 Å². The van der Waals surface area contributed by atoms with Crippen molar-refractivity contribution < 1.29 is 0 Å². The van der Waals surface area contributed by atoms with E-state index in [4.69, 9.17) is 11.6 Å². The Morgan fingerprint density at radius 2 is 2.11 bits per heavy atom. The largest absolute Gasteiger partial charge is 0.319 e. The zero-order chi connectivity index (χ0) is 13.1. The van der Waals surface area contributed by atoms with Crippen LogP contribution in [0.2, 0.25) is 5.02 Å². The molecule has 1 aromatic rings. The molecule has 0 aliphatic heterocycles. The average molecular weight is 270 g/mol. The van der Waals surface area contributed by atoms with Crippen molar-refractivity contribution >= 4 is 11.6 Å². The van der Waals surface area contributed by atoms with E-state index >= 15 is 0 Å². The third-order valence-electron chi connectivity index (χ3n) is 4.25. The normalized spacial score (nSPS) is 18.4. The van der Waals surface area contributed by atoms with Gasteiger partial charge in [0.2, 0.25) is 0 Å². The van der Waals surface area contributed by atoms with Crippen molar-refractivity contribution in [3.63, 3.8) is 0 Å². The second-order valence-corrected chi connectivity index (χ2v) is 5.91. The second-order valence-electron chi connectivity index (χ2n) is 5.54. The van der Waals surface area contributed by atoms with E-state index in [1.807, 2.05) is 25.7 Å². The quantitative estimate of drug-likeness (QED) is 0.891. The van der Waals surface area contributed by atoms with E-state index in [0.29, 0.717) is 5.92 Å². The lowest BCUT2D eigenvalue weighted by Crippen LogP contribution is -2.27. The Morgan fingerprint density at radius 1 is 1.44 bits per heavy atom. The van der Waals surface area contributed by atoms with Crippen LogP contribution >= 0.6 is 11.6 Å². The van der Waals surface area contributed by atoms with Gasteiger partial charge in [-0.25, -0.2) is 0 Å². The summed E-state index contributed by atoms with van der Waals surface area (Å²) in [6, 6.07) is 0. The summed E-state index contributed by atoms with van der Waals surface area (Å²) in [5.41, 5.74) is 2.14. The summed E-state index contributed by atoms with van der Waals surface area (Å²) in [5, 5.41) is 8.61. The van der Waals surface area contributed by atoms with Crippen LogP contribution in [-0.2, 0) is 13.5 Å². The summed E-state index contributed by atoms with van der Waals surface area (Å²) in [7, 11) is 4.04. The molecular weight excluding hydrogens is 246 g/mol. The van der Waals surface area contributed by atoms with E-state index in [-0.39, 0.29) is 0 Å². The number of aryl methyl sites for hydroxylation is 2. The van der Waals surface area contributed by atoms with Crippen molar-refractivity contribution in [2.24, 2.45) is 18.9 Å². The van der Waals surface area contributed by atoms with E-state index in [9.17, 15) is 0 Å². The fourth-order valence-electron chi connectivity index (χ4n) is 3.25. The molecule has 18 heavy (non-hydrogen) atoms. The lowest BCUT2D eigenvalue weighted by molar-refractivity contribution is 0.322. The molecule has 0 aromatic carbocycles. The number of rotatable bonds is 5. The topological polar surface area (TPSA) is 29.9 Å². The molecule has 1 atom stereocenters. The van der Waals surface area contributed by atoms with Crippen molar-refractivity contribution in [2.75, 3.05) is 13.6 Å². The van der Waals surface area contributed by atoms with Crippen LogP contribution in [0.4, 0.5) is 0 Å². The first-order valence-electron chi connectivity index (χ1n) is 6.96. The molecule has 1 saturated carbocycles. The van der Waals surface area contributed by atoms with Crippen LogP contribution in [0.15, 0.2) is 0 Å². The molecule has 3 nitrogen and oxygen atoms in total. The van der Waals surface area contributed by atoms with Crippen LogP contribution in [0.5, 0.6) is 0 Å². The first kappa shape index (κ1) is 13.9. The first-order chi connectivity index (χ1) is 8.63. The Kier molecular flexibility index (Phi) is 4.68. The third-order valence-corrected chi connectivity index (χ3v) is 4.74. The number of hydrogen-bond acceptors (Lipinski definition) is 2. The van der Waals surface area contributed by atoms with Gasteiger partial charge in [-0.05, 0) is 38.8 Å². The Bertz CT molecular complexity index is 394. The molecule has 1 unspecified atom stereocenters. The molecule has 0 amide bonds. The van der Waals surface area contributed by atoms with Gasteiger partial charge in [0.25, 0.3) is 0 Å². The maximum Gasteiger partial charge on any atom is 0.0847 e. The van der Waals surface area contributed by atoms with E-state index in [0.717, 1.165) is 29.6 Å². The standard InChI is InChI=1S/C14H24ClN3/c1-10-14(15)13(18(3)17-10)8-12(9-16-2)11-6-4-5-7-11/h11-12,16H,4-9H2,1-3H3. The van der Waals surface area contributed by atoms with E-state index in [2.05, 4.69) is 10.4 Å². The molecule has 0 saturated heterocycles. The van der Waals surface area contributed by atoms with Gasteiger partial charge in [-0.3, -0.25) is 4.68 Å². The van der Waals surface area contributed by atoms with Crippen molar-refractivity contribution in [3.05, 3.63) is 16.4 Å². The molecule has 1 aromatic heterocycles.